The maximum Gasteiger partial charge on any atom is 0.256 e. The number of aryl methyl sites for hydroxylation is 1. The van der Waals surface area contributed by atoms with Gasteiger partial charge in [-0.2, -0.15) is 0 Å². The van der Waals surface area contributed by atoms with Gasteiger partial charge in [-0.15, -0.1) is 0 Å². The summed E-state index contributed by atoms with van der Waals surface area (Å²) in [7, 11) is 1.53. The van der Waals surface area contributed by atoms with Crippen molar-refractivity contribution in [2.75, 3.05) is 19.0 Å². The van der Waals surface area contributed by atoms with E-state index in [1.807, 2.05) is 19.9 Å². The van der Waals surface area contributed by atoms with Crippen molar-refractivity contribution < 1.29 is 14.6 Å². The summed E-state index contributed by atoms with van der Waals surface area (Å²) in [5, 5.41) is 11.5. The van der Waals surface area contributed by atoms with Crippen LogP contribution in [0.3, 0.4) is 0 Å². The third-order valence-corrected chi connectivity index (χ3v) is 3.39. The molecule has 108 valence electrons. The number of aliphatic hydroxyl groups excluding tert-OH is 1. The molecular weight excluding hydrogens is 254 g/mol. The highest BCUT2D eigenvalue weighted by atomic mass is 16.5. The molecular formula is C16H21NO3. The standard InChI is InChI=1S/C16H21NO3/c1-5-16(3,20-4)15(19)17-14-9-8-13(7-6-10-18)11-12(14)2/h8-9,11,18H,5,10H2,1-4H3,(H,17,19). The summed E-state index contributed by atoms with van der Waals surface area (Å²) in [6.45, 7) is 5.40. The molecule has 2 N–H and O–H groups in total. The van der Waals surface area contributed by atoms with Crippen LogP contribution in [0.1, 0.15) is 31.4 Å². The molecule has 0 bridgehead atoms. The van der Waals surface area contributed by atoms with Gasteiger partial charge in [-0.1, -0.05) is 18.8 Å². The number of benzene rings is 1. The van der Waals surface area contributed by atoms with Crippen LogP contribution in [0.5, 0.6) is 0 Å². The highest BCUT2D eigenvalue weighted by Crippen LogP contribution is 2.21. The molecule has 4 nitrogen and oxygen atoms in total. The van der Waals surface area contributed by atoms with Gasteiger partial charge in [0.25, 0.3) is 5.91 Å². The van der Waals surface area contributed by atoms with Gasteiger partial charge in [-0.3, -0.25) is 4.79 Å². The van der Waals surface area contributed by atoms with Crippen molar-refractivity contribution in [1.82, 2.24) is 0 Å². The molecule has 0 aromatic heterocycles. The lowest BCUT2D eigenvalue weighted by molar-refractivity contribution is -0.136. The first-order valence-corrected chi connectivity index (χ1v) is 6.53. The smallest absolute Gasteiger partial charge is 0.256 e. The zero-order valence-corrected chi connectivity index (χ0v) is 12.4. The van der Waals surface area contributed by atoms with Crippen LogP contribution in [-0.4, -0.2) is 30.3 Å². The Kier molecular flexibility index (Phi) is 5.75. The van der Waals surface area contributed by atoms with E-state index < -0.39 is 5.60 Å². The van der Waals surface area contributed by atoms with Crippen LogP contribution in [-0.2, 0) is 9.53 Å². The van der Waals surface area contributed by atoms with Crippen molar-refractivity contribution in [2.24, 2.45) is 0 Å². The first kappa shape index (κ1) is 16.2. The Labute approximate surface area is 120 Å². The second kappa shape index (κ2) is 7.09. The minimum Gasteiger partial charge on any atom is -0.384 e. The number of ether oxygens (including phenoxy) is 1. The lowest BCUT2D eigenvalue weighted by Crippen LogP contribution is -2.41. The molecule has 0 radical (unpaired) electrons. The Morgan fingerprint density at radius 1 is 1.50 bits per heavy atom. The van der Waals surface area contributed by atoms with Gasteiger partial charge < -0.3 is 15.2 Å². The Morgan fingerprint density at radius 2 is 2.20 bits per heavy atom. The molecule has 1 aromatic carbocycles. The second-order valence-electron chi connectivity index (χ2n) is 4.73. The molecule has 0 spiro atoms. The molecule has 0 saturated heterocycles. The third-order valence-electron chi connectivity index (χ3n) is 3.39. The number of amides is 1. The zero-order chi connectivity index (χ0) is 15.2. The number of hydrogen-bond acceptors (Lipinski definition) is 3. The van der Waals surface area contributed by atoms with E-state index in [1.54, 1.807) is 19.1 Å². The van der Waals surface area contributed by atoms with Gasteiger partial charge in [0.15, 0.2) is 0 Å². The number of anilines is 1. The number of hydrogen-bond donors (Lipinski definition) is 2. The Morgan fingerprint density at radius 3 is 2.70 bits per heavy atom. The molecule has 0 aliphatic rings. The first-order chi connectivity index (χ1) is 9.46. The molecule has 0 aliphatic heterocycles. The van der Waals surface area contributed by atoms with Crippen molar-refractivity contribution in [3.05, 3.63) is 29.3 Å². The Bertz CT molecular complexity index is 536. The van der Waals surface area contributed by atoms with Crippen LogP contribution in [0.15, 0.2) is 18.2 Å². The number of rotatable bonds is 4. The van der Waals surface area contributed by atoms with Crippen LogP contribution in [0.2, 0.25) is 0 Å². The first-order valence-electron chi connectivity index (χ1n) is 6.53. The van der Waals surface area contributed by atoms with Crippen molar-refractivity contribution in [2.45, 2.75) is 32.8 Å². The fourth-order valence-corrected chi connectivity index (χ4v) is 1.68. The van der Waals surface area contributed by atoms with E-state index in [0.717, 1.165) is 16.8 Å². The summed E-state index contributed by atoms with van der Waals surface area (Å²) < 4.78 is 5.28. The van der Waals surface area contributed by atoms with Gasteiger partial charge in [-0.25, -0.2) is 0 Å². The number of aliphatic hydroxyl groups is 1. The lowest BCUT2D eigenvalue weighted by Gasteiger charge is -2.25. The highest BCUT2D eigenvalue weighted by Gasteiger charge is 2.31. The summed E-state index contributed by atoms with van der Waals surface area (Å²) in [6, 6.07) is 5.48. The molecule has 0 saturated carbocycles. The van der Waals surface area contributed by atoms with Crippen molar-refractivity contribution >= 4 is 11.6 Å². The quantitative estimate of drug-likeness (QED) is 0.827. The maximum absolute atomic E-state index is 12.2. The molecule has 1 aromatic rings. The van der Waals surface area contributed by atoms with Crippen LogP contribution < -0.4 is 5.32 Å². The fourth-order valence-electron chi connectivity index (χ4n) is 1.68. The molecule has 4 heteroatoms. The monoisotopic (exact) mass is 275 g/mol. The van der Waals surface area contributed by atoms with Crippen LogP contribution in [0.25, 0.3) is 0 Å². The summed E-state index contributed by atoms with van der Waals surface area (Å²) in [4.78, 5) is 12.2. The number of carbonyl (C=O) groups excluding carboxylic acids is 1. The van der Waals surface area contributed by atoms with Crippen LogP contribution in [0, 0.1) is 18.8 Å². The average Bonchev–Trinajstić information content (AvgIpc) is 2.46. The minimum atomic E-state index is -0.832. The zero-order valence-electron chi connectivity index (χ0n) is 12.4. The molecule has 0 heterocycles. The van der Waals surface area contributed by atoms with Gasteiger partial charge in [0, 0.05) is 18.4 Å². The van der Waals surface area contributed by atoms with Gasteiger partial charge in [0.2, 0.25) is 0 Å². The average molecular weight is 275 g/mol. The van der Waals surface area contributed by atoms with E-state index in [-0.39, 0.29) is 12.5 Å². The van der Waals surface area contributed by atoms with E-state index in [9.17, 15) is 4.79 Å². The fraction of sp³-hybridized carbons (Fsp3) is 0.438. The van der Waals surface area contributed by atoms with E-state index in [1.165, 1.54) is 7.11 Å². The van der Waals surface area contributed by atoms with E-state index in [2.05, 4.69) is 17.2 Å². The summed E-state index contributed by atoms with van der Waals surface area (Å²) in [6.07, 6.45) is 0.592. The molecule has 0 fully saturated rings. The Balaban J connectivity index is 2.91. The van der Waals surface area contributed by atoms with Gasteiger partial charge >= 0.3 is 0 Å². The normalized spacial score (nSPS) is 13.1. The molecule has 20 heavy (non-hydrogen) atoms. The molecule has 1 rings (SSSR count). The lowest BCUT2D eigenvalue weighted by atomic mass is 10.0. The van der Waals surface area contributed by atoms with E-state index in [0.29, 0.717) is 6.42 Å². The summed E-state index contributed by atoms with van der Waals surface area (Å²) in [5.74, 6) is 5.26. The van der Waals surface area contributed by atoms with Crippen molar-refractivity contribution in [3.63, 3.8) is 0 Å². The molecule has 1 atom stereocenters. The van der Waals surface area contributed by atoms with Gasteiger partial charge in [0.05, 0.1) is 0 Å². The van der Waals surface area contributed by atoms with Gasteiger partial charge in [-0.05, 0) is 44.0 Å². The molecule has 1 unspecified atom stereocenters. The Hall–Kier alpha value is -1.83. The SMILES string of the molecule is CCC(C)(OC)C(=O)Nc1ccc(C#CCO)cc1C. The molecule has 1 amide bonds. The van der Waals surface area contributed by atoms with E-state index >= 15 is 0 Å². The maximum atomic E-state index is 12.2. The van der Waals surface area contributed by atoms with Crippen molar-refractivity contribution in [1.29, 1.82) is 0 Å². The minimum absolute atomic E-state index is 0.166. The number of nitrogens with one attached hydrogen (secondary N) is 1. The predicted octanol–water partition coefficient (Wildman–Crippen LogP) is 2.09. The number of methoxy groups -OCH3 is 1. The summed E-state index contributed by atoms with van der Waals surface area (Å²) in [5.41, 5.74) is 1.63. The highest BCUT2D eigenvalue weighted by molar-refractivity contribution is 5.97. The summed E-state index contributed by atoms with van der Waals surface area (Å²) >= 11 is 0. The topological polar surface area (TPSA) is 58.6 Å². The van der Waals surface area contributed by atoms with E-state index in [4.69, 9.17) is 9.84 Å². The second-order valence-corrected chi connectivity index (χ2v) is 4.73. The van der Waals surface area contributed by atoms with Crippen LogP contribution >= 0.6 is 0 Å². The third kappa shape index (κ3) is 3.83. The van der Waals surface area contributed by atoms with Crippen molar-refractivity contribution in [3.8, 4) is 11.8 Å². The number of carbonyl (C=O) groups is 1. The van der Waals surface area contributed by atoms with Crippen LogP contribution in [0.4, 0.5) is 5.69 Å². The predicted molar refractivity (Wildman–Crippen MR) is 79.5 cm³/mol. The largest absolute Gasteiger partial charge is 0.384 e. The molecule has 0 aliphatic carbocycles. The van der Waals surface area contributed by atoms with Gasteiger partial charge in [0.1, 0.15) is 12.2 Å².